The third-order valence-electron chi connectivity index (χ3n) is 4.01. The second-order valence-electron chi connectivity index (χ2n) is 5.26. The molecule has 1 N–H and O–H groups in total. The van der Waals surface area contributed by atoms with E-state index < -0.39 is 0 Å². The predicted octanol–water partition coefficient (Wildman–Crippen LogP) is 2.66. The van der Waals surface area contributed by atoms with Crippen LogP contribution in [0.5, 0.6) is 0 Å². The third kappa shape index (κ3) is 2.35. The molecule has 1 aromatic rings. The maximum Gasteiger partial charge on any atom is 0.0899 e. The molecule has 2 unspecified atom stereocenters. The molecule has 2 saturated heterocycles. The number of thiophene rings is 1. The molecule has 2 fully saturated rings. The summed E-state index contributed by atoms with van der Waals surface area (Å²) in [7, 11) is 0. The van der Waals surface area contributed by atoms with Gasteiger partial charge in [0, 0.05) is 31.1 Å². The van der Waals surface area contributed by atoms with E-state index in [1.165, 1.54) is 10.4 Å². The molecule has 0 bridgehead atoms. The van der Waals surface area contributed by atoms with Crippen LogP contribution in [0.4, 0.5) is 0 Å². The van der Waals surface area contributed by atoms with Crippen molar-refractivity contribution in [2.24, 2.45) is 0 Å². The van der Waals surface area contributed by atoms with Gasteiger partial charge in [-0.05, 0) is 36.8 Å². The van der Waals surface area contributed by atoms with Crippen molar-refractivity contribution in [1.29, 1.82) is 0 Å². The lowest BCUT2D eigenvalue weighted by Gasteiger charge is -2.44. The largest absolute Gasteiger partial charge is 0.381 e. The fraction of sp³-hybridized carbons (Fsp3) is 0.714. The quantitative estimate of drug-likeness (QED) is 0.848. The lowest BCUT2D eigenvalue weighted by molar-refractivity contribution is -0.108. The van der Waals surface area contributed by atoms with E-state index in [1.807, 2.05) is 11.3 Å². The monoisotopic (exact) mass is 267 g/mol. The molecule has 0 radical (unpaired) electrons. The lowest BCUT2D eigenvalue weighted by Crippen LogP contribution is -2.52. The van der Waals surface area contributed by atoms with Crippen LogP contribution in [0.1, 0.15) is 35.7 Å². The molecule has 0 aromatic carbocycles. The first-order valence-electron chi connectivity index (χ1n) is 6.80. The van der Waals surface area contributed by atoms with Gasteiger partial charge in [-0.25, -0.2) is 0 Å². The SMILES string of the molecule is Cc1cc(C2NCCOC23CCCOCC3)cs1. The molecular formula is C14H21NO2S. The van der Waals surface area contributed by atoms with Crippen molar-refractivity contribution in [3.05, 3.63) is 21.9 Å². The van der Waals surface area contributed by atoms with Crippen LogP contribution in [0.15, 0.2) is 11.4 Å². The molecule has 0 aliphatic carbocycles. The van der Waals surface area contributed by atoms with E-state index in [-0.39, 0.29) is 5.60 Å². The van der Waals surface area contributed by atoms with Gasteiger partial charge in [0.15, 0.2) is 0 Å². The highest BCUT2D eigenvalue weighted by Gasteiger charge is 2.43. The van der Waals surface area contributed by atoms with Gasteiger partial charge in [-0.15, -0.1) is 11.3 Å². The zero-order valence-electron chi connectivity index (χ0n) is 10.9. The van der Waals surface area contributed by atoms with Crippen LogP contribution in [-0.2, 0) is 9.47 Å². The van der Waals surface area contributed by atoms with Crippen molar-refractivity contribution < 1.29 is 9.47 Å². The normalized spacial score (nSPS) is 33.5. The van der Waals surface area contributed by atoms with Gasteiger partial charge >= 0.3 is 0 Å². The van der Waals surface area contributed by atoms with Gasteiger partial charge in [-0.2, -0.15) is 0 Å². The first kappa shape index (κ1) is 12.6. The van der Waals surface area contributed by atoms with Crippen LogP contribution in [0, 0.1) is 6.92 Å². The summed E-state index contributed by atoms with van der Waals surface area (Å²) in [5.41, 5.74) is 1.33. The highest BCUT2D eigenvalue weighted by Crippen LogP contribution is 2.40. The Bertz CT molecular complexity index is 396. The van der Waals surface area contributed by atoms with Gasteiger partial charge in [0.1, 0.15) is 0 Å². The first-order valence-corrected chi connectivity index (χ1v) is 7.68. The van der Waals surface area contributed by atoms with Gasteiger partial charge in [-0.1, -0.05) is 0 Å². The van der Waals surface area contributed by atoms with E-state index in [9.17, 15) is 0 Å². The molecule has 3 heterocycles. The molecule has 2 aliphatic heterocycles. The number of nitrogens with one attached hydrogen (secondary N) is 1. The van der Waals surface area contributed by atoms with E-state index in [2.05, 4.69) is 23.7 Å². The average molecular weight is 267 g/mol. The Morgan fingerprint density at radius 2 is 2.28 bits per heavy atom. The van der Waals surface area contributed by atoms with Gasteiger partial charge in [0.2, 0.25) is 0 Å². The standard InChI is InChI=1S/C14H21NO2S/c1-11-9-12(10-18-11)13-14(17-8-5-15-13)3-2-6-16-7-4-14/h9-10,13,15H,2-8H2,1H3. The maximum absolute atomic E-state index is 6.22. The number of ether oxygens (including phenoxy) is 2. The van der Waals surface area contributed by atoms with Crippen molar-refractivity contribution >= 4 is 11.3 Å². The lowest BCUT2D eigenvalue weighted by atomic mass is 9.82. The number of morpholine rings is 1. The van der Waals surface area contributed by atoms with E-state index in [4.69, 9.17) is 9.47 Å². The van der Waals surface area contributed by atoms with E-state index in [0.717, 1.165) is 45.6 Å². The maximum atomic E-state index is 6.22. The topological polar surface area (TPSA) is 30.5 Å². The molecule has 18 heavy (non-hydrogen) atoms. The zero-order chi connectivity index (χ0) is 12.4. The van der Waals surface area contributed by atoms with Crippen LogP contribution in [0.25, 0.3) is 0 Å². The van der Waals surface area contributed by atoms with Crippen LogP contribution in [-0.4, -0.2) is 32.0 Å². The smallest absolute Gasteiger partial charge is 0.0899 e. The molecule has 4 heteroatoms. The zero-order valence-corrected chi connectivity index (χ0v) is 11.7. The van der Waals surface area contributed by atoms with Crippen LogP contribution >= 0.6 is 11.3 Å². The highest BCUT2D eigenvalue weighted by atomic mass is 32.1. The molecule has 3 nitrogen and oxygen atoms in total. The second-order valence-corrected chi connectivity index (χ2v) is 6.37. The van der Waals surface area contributed by atoms with Gasteiger partial charge in [-0.3, -0.25) is 0 Å². The molecule has 0 amide bonds. The molecule has 1 spiro atoms. The van der Waals surface area contributed by atoms with Crippen LogP contribution in [0.2, 0.25) is 0 Å². The fourth-order valence-electron chi connectivity index (χ4n) is 3.14. The summed E-state index contributed by atoms with van der Waals surface area (Å²) in [5.74, 6) is 0. The Hall–Kier alpha value is -0.420. The summed E-state index contributed by atoms with van der Waals surface area (Å²) in [6.07, 6.45) is 3.19. The van der Waals surface area contributed by atoms with Crippen LogP contribution in [0.3, 0.4) is 0 Å². The number of hydrogen-bond donors (Lipinski definition) is 1. The Balaban J connectivity index is 1.88. The van der Waals surface area contributed by atoms with Crippen molar-refractivity contribution in [2.45, 2.75) is 37.8 Å². The van der Waals surface area contributed by atoms with Crippen molar-refractivity contribution in [1.82, 2.24) is 5.32 Å². The van der Waals surface area contributed by atoms with Gasteiger partial charge in [0.05, 0.1) is 18.2 Å². The van der Waals surface area contributed by atoms with Gasteiger partial charge in [0.25, 0.3) is 0 Å². The third-order valence-corrected chi connectivity index (χ3v) is 4.89. The molecule has 0 saturated carbocycles. The molecule has 1 aromatic heterocycles. The summed E-state index contributed by atoms with van der Waals surface area (Å²) in [4.78, 5) is 1.37. The number of aryl methyl sites for hydroxylation is 1. The minimum atomic E-state index is -0.0533. The number of rotatable bonds is 1. The Morgan fingerprint density at radius 3 is 3.11 bits per heavy atom. The molecular weight excluding hydrogens is 246 g/mol. The van der Waals surface area contributed by atoms with Crippen molar-refractivity contribution in [3.63, 3.8) is 0 Å². The van der Waals surface area contributed by atoms with E-state index in [1.54, 1.807) is 0 Å². The van der Waals surface area contributed by atoms with Gasteiger partial charge < -0.3 is 14.8 Å². The molecule has 2 atom stereocenters. The fourth-order valence-corrected chi connectivity index (χ4v) is 3.87. The Morgan fingerprint density at radius 1 is 1.33 bits per heavy atom. The summed E-state index contributed by atoms with van der Waals surface area (Å²) in [6, 6.07) is 2.63. The van der Waals surface area contributed by atoms with E-state index in [0.29, 0.717) is 6.04 Å². The molecule has 2 aliphatic rings. The van der Waals surface area contributed by atoms with Crippen molar-refractivity contribution in [3.8, 4) is 0 Å². The second kappa shape index (κ2) is 5.29. The summed E-state index contributed by atoms with van der Waals surface area (Å²) < 4.78 is 11.8. The minimum Gasteiger partial charge on any atom is -0.381 e. The minimum absolute atomic E-state index is 0.0533. The Kier molecular flexibility index (Phi) is 3.71. The number of hydrogen-bond acceptors (Lipinski definition) is 4. The average Bonchev–Trinajstić information content (AvgIpc) is 2.67. The first-order chi connectivity index (χ1) is 8.80. The highest BCUT2D eigenvalue weighted by molar-refractivity contribution is 7.10. The molecule has 100 valence electrons. The molecule has 3 rings (SSSR count). The summed E-state index contributed by atoms with van der Waals surface area (Å²) in [5, 5.41) is 5.94. The summed E-state index contributed by atoms with van der Waals surface area (Å²) >= 11 is 1.82. The Labute approximate surface area is 112 Å². The predicted molar refractivity (Wildman–Crippen MR) is 73.2 cm³/mol. The van der Waals surface area contributed by atoms with E-state index >= 15 is 0 Å². The summed E-state index contributed by atoms with van der Waals surface area (Å²) in [6.45, 7) is 5.63. The van der Waals surface area contributed by atoms with Crippen LogP contribution < -0.4 is 5.32 Å². The van der Waals surface area contributed by atoms with Crippen molar-refractivity contribution in [2.75, 3.05) is 26.4 Å².